The van der Waals surface area contributed by atoms with E-state index in [4.69, 9.17) is 15.7 Å². The number of nitrogens with zero attached hydrogens (tertiary/aromatic N) is 7. The van der Waals surface area contributed by atoms with Crippen LogP contribution in [0.15, 0.2) is 30.6 Å². The Labute approximate surface area is 206 Å². The first-order chi connectivity index (χ1) is 17.0. The molecular weight excluding hydrogens is 440 g/mol. The van der Waals surface area contributed by atoms with Gasteiger partial charge in [0.25, 0.3) is 5.91 Å². The minimum Gasteiger partial charge on any atom is -0.351 e. The Morgan fingerprint density at radius 1 is 1.09 bits per heavy atom. The average molecular weight is 475 g/mol. The zero-order valence-electron chi connectivity index (χ0n) is 21.0. The lowest BCUT2D eigenvalue weighted by Crippen LogP contribution is -2.33. The van der Waals surface area contributed by atoms with Gasteiger partial charge in [-0.15, -0.1) is 10.2 Å². The summed E-state index contributed by atoms with van der Waals surface area (Å²) in [6.45, 7) is 9.44. The molecule has 0 radical (unpaired) electrons. The number of rotatable bonds is 7. The summed E-state index contributed by atoms with van der Waals surface area (Å²) in [5, 5.41) is 8.48. The molecule has 0 spiro atoms. The third-order valence-corrected chi connectivity index (χ3v) is 7.55. The van der Waals surface area contributed by atoms with Gasteiger partial charge in [0.15, 0.2) is 5.82 Å². The third kappa shape index (κ3) is 3.97. The van der Waals surface area contributed by atoms with E-state index in [2.05, 4.69) is 47.4 Å². The second-order valence-corrected chi connectivity index (χ2v) is 9.64. The van der Waals surface area contributed by atoms with Crippen molar-refractivity contribution in [3.8, 4) is 11.5 Å². The number of carbonyl (C=O) groups is 1. The molecule has 5 rings (SSSR count). The van der Waals surface area contributed by atoms with Gasteiger partial charge in [-0.05, 0) is 57.7 Å². The van der Waals surface area contributed by atoms with Gasteiger partial charge in [-0.2, -0.15) is 0 Å². The molecule has 3 aromatic heterocycles. The lowest BCUT2D eigenvalue weighted by atomic mass is 10.1. The maximum atomic E-state index is 13.6. The molecule has 184 valence electrons. The molecule has 0 saturated carbocycles. The molecule has 2 aliphatic rings. The van der Waals surface area contributed by atoms with Crippen LogP contribution >= 0.6 is 0 Å². The smallest absolute Gasteiger partial charge is 0.260 e. The quantitative estimate of drug-likeness (QED) is 0.550. The number of carbonyl (C=O) groups excluding carboxylic acids is 1. The summed E-state index contributed by atoms with van der Waals surface area (Å²) in [6, 6.07) is 8.73. The molecule has 3 aromatic rings. The molecule has 2 aliphatic heterocycles. The molecule has 2 atom stereocenters. The Kier molecular flexibility index (Phi) is 6.27. The third-order valence-electron chi connectivity index (χ3n) is 7.55. The Hall–Kier alpha value is -3.33. The summed E-state index contributed by atoms with van der Waals surface area (Å²) in [5.74, 6) is 2.09. The van der Waals surface area contributed by atoms with Gasteiger partial charge in [0, 0.05) is 30.2 Å². The van der Waals surface area contributed by atoms with Crippen LogP contribution in [-0.4, -0.2) is 42.7 Å². The van der Waals surface area contributed by atoms with E-state index in [0.717, 1.165) is 42.8 Å². The van der Waals surface area contributed by atoms with E-state index in [0.29, 0.717) is 54.1 Å². The van der Waals surface area contributed by atoms with E-state index < -0.39 is 0 Å². The number of aromatic nitrogens is 5. The lowest BCUT2D eigenvalue weighted by molar-refractivity contribution is 0.0996. The maximum Gasteiger partial charge on any atom is 0.260 e. The summed E-state index contributed by atoms with van der Waals surface area (Å²) < 4.78 is 2.08. The van der Waals surface area contributed by atoms with Crippen molar-refractivity contribution >= 4 is 17.5 Å². The number of amides is 1. The van der Waals surface area contributed by atoms with Crippen LogP contribution in [0.3, 0.4) is 0 Å². The Morgan fingerprint density at radius 2 is 1.83 bits per heavy atom. The van der Waals surface area contributed by atoms with E-state index in [-0.39, 0.29) is 5.91 Å². The normalized spacial score (nSPS) is 19.8. The van der Waals surface area contributed by atoms with E-state index in [9.17, 15) is 4.79 Å². The largest absolute Gasteiger partial charge is 0.351 e. The van der Waals surface area contributed by atoms with Gasteiger partial charge in [0.2, 0.25) is 0 Å². The molecule has 1 fully saturated rings. The molecule has 0 aliphatic carbocycles. The standard InChI is InChI=1S/C26H34N8O/c1-5-18(6-2)33-15-28-31-25(33)21-8-7-9-23(29-21)32-14-20-19(26(32)35)12-24(30-22(20)13-27)34-16(3)10-11-17(34)4/h7-9,12,15-18H,5-6,10-11,13-14,27H2,1-4H3/t16-,17-/m1/s1. The fourth-order valence-electron chi connectivity index (χ4n) is 5.56. The first-order valence-corrected chi connectivity index (χ1v) is 12.7. The molecule has 0 aromatic carbocycles. The first-order valence-electron chi connectivity index (χ1n) is 12.7. The van der Waals surface area contributed by atoms with Crippen LogP contribution in [0.25, 0.3) is 11.5 Å². The molecule has 1 amide bonds. The van der Waals surface area contributed by atoms with Crippen LogP contribution in [0.5, 0.6) is 0 Å². The van der Waals surface area contributed by atoms with Gasteiger partial charge >= 0.3 is 0 Å². The molecule has 35 heavy (non-hydrogen) atoms. The number of nitrogens with two attached hydrogens (primary N) is 1. The molecule has 0 bridgehead atoms. The fourth-order valence-corrected chi connectivity index (χ4v) is 5.56. The van der Waals surface area contributed by atoms with E-state index in [1.54, 1.807) is 11.2 Å². The van der Waals surface area contributed by atoms with E-state index in [1.165, 1.54) is 0 Å². The molecule has 5 heterocycles. The Bertz CT molecular complexity index is 1220. The van der Waals surface area contributed by atoms with Gasteiger partial charge in [-0.3, -0.25) is 9.69 Å². The highest BCUT2D eigenvalue weighted by atomic mass is 16.2. The molecule has 9 nitrogen and oxygen atoms in total. The summed E-state index contributed by atoms with van der Waals surface area (Å²) in [5.41, 5.74) is 9.16. The lowest BCUT2D eigenvalue weighted by Gasteiger charge is -2.28. The molecule has 0 unspecified atom stereocenters. The number of anilines is 2. The van der Waals surface area contributed by atoms with E-state index in [1.807, 2.05) is 24.3 Å². The van der Waals surface area contributed by atoms with Crippen molar-refractivity contribution in [2.24, 2.45) is 5.73 Å². The van der Waals surface area contributed by atoms with Crippen LogP contribution in [0, 0.1) is 0 Å². The minimum absolute atomic E-state index is 0.0658. The van der Waals surface area contributed by atoms with Crippen molar-refractivity contribution < 1.29 is 4.79 Å². The van der Waals surface area contributed by atoms with Crippen LogP contribution in [0.4, 0.5) is 11.6 Å². The van der Waals surface area contributed by atoms with Crippen LogP contribution < -0.4 is 15.5 Å². The van der Waals surface area contributed by atoms with Gasteiger partial charge in [-0.1, -0.05) is 19.9 Å². The van der Waals surface area contributed by atoms with Gasteiger partial charge in [0.1, 0.15) is 23.7 Å². The highest BCUT2D eigenvalue weighted by Crippen LogP contribution is 2.35. The Morgan fingerprint density at radius 3 is 2.51 bits per heavy atom. The van der Waals surface area contributed by atoms with Gasteiger partial charge in [-0.25, -0.2) is 9.97 Å². The zero-order chi connectivity index (χ0) is 24.7. The minimum atomic E-state index is -0.0658. The van der Waals surface area contributed by atoms with Crippen molar-refractivity contribution in [1.82, 2.24) is 24.7 Å². The van der Waals surface area contributed by atoms with Crippen molar-refractivity contribution in [3.05, 3.63) is 47.4 Å². The van der Waals surface area contributed by atoms with Crippen molar-refractivity contribution in [1.29, 1.82) is 0 Å². The monoisotopic (exact) mass is 474 g/mol. The zero-order valence-corrected chi connectivity index (χ0v) is 21.0. The molecule has 1 saturated heterocycles. The topological polar surface area (TPSA) is 106 Å². The number of hydrogen-bond acceptors (Lipinski definition) is 7. The van der Waals surface area contributed by atoms with Crippen molar-refractivity contribution in [2.45, 2.75) is 84.6 Å². The van der Waals surface area contributed by atoms with Crippen molar-refractivity contribution in [2.75, 3.05) is 9.80 Å². The molecular formula is C26H34N8O. The fraction of sp³-hybridized carbons (Fsp3) is 0.500. The highest BCUT2D eigenvalue weighted by molar-refractivity contribution is 6.10. The summed E-state index contributed by atoms with van der Waals surface area (Å²) in [6.07, 6.45) is 5.96. The predicted molar refractivity (Wildman–Crippen MR) is 136 cm³/mol. The summed E-state index contributed by atoms with van der Waals surface area (Å²) in [4.78, 5) is 27.4. The summed E-state index contributed by atoms with van der Waals surface area (Å²) >= 11 is 0. The number of pyridine rings is 2. The van der Waals surface area contributed by atoms with Crippen LogP contribution in [-0.2, 0) is 13.1 Å². The maximum absolute atomic E-state index is 13.6. The Balaban J connectivity index is 1.50. The molecule has 2 N–H and O–H groups in total. The van der Waals surface area contributed by atoms with E-state index >= 15 is 0 Å². The average Bonchev–Trinajstić information content (AvgIpc) is 3.57. The SMILES string of the molecule is CCC(CC)n1cnnc1-c1cccc(N2Cc3c(cc(N4[C@H](C)CC[C@H]4C)nc3CN)C2=O)n1. The van der Waals surface area contributed by atoms with Gasteiger partial charge < -0.3 is 15.2 Å². The second kappa shape index (κ2) is 9.37. The van der Waals surface area contributed by atoms with Gasteiger partial charge in [0.05, 0.1) is 17.8 Å². The predicted octanol–water partition coefficient (Wildman–Crippen LogP) is 4.09. The number of fused-ring (bicyclic) bond motifs is 1. The first kappa shape index (κ1) is 23.4. The molecule has 9 heteroatoms. The number of hydrogen-bond donors (Lipinski definition) is 1. The van der Waals surface area contributed by atoms with Crippen molar-refractivity contribution in [3.63, 3.8) is 0 Å². The summed E-state index contributed by atoms with van der Waals surface area (Å²) in [7, 11) is 0. The second-order valence-electron chi connectivity index (χ2n) is 9.64. The highest BCUT2D eigenvalue weighted by Gasteiger charge is 2.35. The van der Waals surface area contributed by atoms with Crippen LogP contribution in [0.2, 0.25) is 0 Å². The van der Waals surface area contributed by atoms with Crippen LogP contribution in [0.1, 0.15) is 81.0 Å².